The lowest BCUT2D eigenvalue weighted by Crippen LogP contribution is -2.43. The maximum atomic E-state index is 13.8. The van der Waals surface area contributed by atoms with Crippen LogP contribution in [0.2, 0.25) is 0 Å². The molecule has 2 aromatic carbocycles. The van der Waals surface area contributed by atoms with Gasteiger partial charge in [-0.1, -0.05) is 12.1 Å². The van der Waals surface area contributed by atoms with Crippen LogP contribution in [-0.2, 0) is 0 Å². The number of rotatable bonds is 4. The summed E-state index contributed by atoms with van der Waals surface area (Å²) in [6.45, 7) is 2.62. The van der Waals surface area contributed by atoms with E-state index in [1.165, 1.54) is 4.90 Å². The van der Waals surface area contributed by atoms with Crippen molar-refractivity contribution < 1.29 is 23.0 Å². The van der Waals surface area contributed by atoms with Gasteiger partial charge in [-0.05, 0) is 37.3 Å². The molecule has 3 rings (SSSR count). The van der Waals surface area contributed by atoms with Crippen LogP contribution in [0.25, 0.3) is 0 Å². The highest BCUT2D eigenvalue weighted by Crippen LogP contribution is 2.31. The lowest BCUT2D eigenvalue weighted by molar-refractivity contribution is 0.0471. The van der Waals surface area contributed by atoms with Crippen LogP contribution in [0, 0.1) is 11.6 Å². The Morgan fingerprint density at radius 2 is 1.96 bits per heavy atom. The smallest absolute Gasteiger partial charge is 0.257 e. The van der Waals surface area contributed by atoms with Gasteiger partial charge in [-0.15, -0.1) is 0 Å². The van der Waals surface area contributed by atoms with Gasteiger partial charge in [-0.25, -0.2) is 8.78 Å². The van der Waals surface area contributed by atoms with Crippen molar-refractivity contribution >= 4 is 5.91 Å². The third-order valence-electron chi connectivity index (χ3n) is 3.82. The van der Waals surface area contributed by atoms with Crippen LogP contribution in [0.15, 0.2) is 42.5 Å². The molecule has 1 atom stereocenters. The molecule has 24 heavy (non-hydrogen) atoms. The van der Waals surface area contributed by atoms with E-state index in [-0.39, 0.29) is 24.8 Å². The fraction of sp³-hybridized carbons (Fsp3) is 0.278. The Labute approximate surface area is 138 Å². The Morgan fingerprint density at radius 3 is 2.71 bits per heavy atom. The van der Waals surface area contributed by atoms with E-state index in [4.69, 9.17) is 9.47 Å². The number of para-hydroxylation sites is 2. The first-order valence-electron chi connectivity index (χ1n) is 7.71. The molecule has 0 N–H and O–H groups in total. The zero-order chi connectivity index (χ0) is 17.1. The summed E-state index contributed by atoms with van der Waals surface area (Å²) < 4.78 is 38.6. The Morgan fingerprint density at radius 1 is 1.21 bits per heavy atom. The van der Waals surface area contributed by atoms with E-state index in [0.29, 0.717) is 18.0 Å². The zero-order valence-corrected chi connectivity index (χ0v) is 13.2. The highest BCUT2D eigenvalue weighted by atomic mass is 19.1. The van der Waals surface area contributed by atoms with Crippen molar-refractivity contribution in [3.63, 3.8) is 0 Å². The van der Waals surface area contributed by atoms with E-state index in [1.54, 1.807) is 19.1 Å². The monoisotopic (exact) mass is 333 g/mol. The van der Waals surface area contributed by atoms with Crippen molar-refractivity contribution in [1.29, 1.82) is 0 Å². The Bertz CT molecular complexity index is 751. The van der Waals surface area contributed by atoms with E-state index in [1.807, 2.05) is 12.1 Å². The van der Waals surface area contributed by atoms with Crippen molar-refractivity contribution in [2.45, 2.75) is 13.0 Å². The molecule has 0 radical (unpaired) electrons. The molecule has 1 heterocycles. The number of halogens is 2. The largest absolute Gasteiger partial charge is 0.486 e. The summed E-state index contributed by atoms with van der Waals surface area (Å²) in [6, 6.07) is 10.1. The summed E-state index contributed by atoms with van der Waals surface area (Å²) in [4.78, 5) is 13.9. The van der Waals surface area contributed by atoms with E-state index in [2.05, 4.69) is 0 Å². The third-order valence-corrected chi connectivity index (χ3v) is 3.82. The first-order chi connectivity index (χ1) is 11.6. The number of ether oxygens (including phenoxy) is 2. The minimum atomic E-state index is -0.744. The number of hydrogen-bond acceptors (Lipinski definition) is 3. The molecule has 0 saturated heterocycles. The summed E-state index contributed by atoms with van der Waals surface area (Å²) in [6.07, 6.45) is -0.375. The third kappa shape index (κ3) is 3.32. The van der Waals surface area contributed by atoms with Crippen molar-refractivity contribution in [2.75, 3.05) is 19.7 Å². The topological polar surface area (TPSA) is 38.8 Å². The quantitative estimate of drug-likeness (QED) is 0.862. The molecule has 0 saturated carbocycles. The van der Waals surface area contributed by atoms with Gasteiger partial charge in [0.1, 0.15) is 18.2 Å². The Kier molecular flexibility index (Phi) is 4.64. The van der Waals surface area contributed by atoms with Crippen molar-refractivity contribution in [1.82, 2.24) is 4.90 Å². The SMILES string of the molecule is CCN(CC1COc2ccccc2O1)C(=O)c1cc(F)ccc1F. The van der Waals surface area contributed by atoms with Gasteiger partial charge in [0.25, 0.3) is 5.91 Å². The van der Waals surface area contributed by atoms with Crippen LogP contribution < -0.4 is 9.47 Å². The van der Waals surface area contributed by atoms with Gasteiger partial charge in [0, 0.05) is 6.54 Å². The summed E-state index contributed by atoms with van der Waals surface area (Å²) in [5.74, 6) is -0.710. The summed E-state index contributed by atoms with van der Waals surface area (Å²) >= 11 is 0. The maximum absolute atomic E-state index is 13.8. The van der Waals surface area contributed by atoms with Crippen LogP contribution in [0.1, 0.15) is 17.3 Å². The highest BCUT2D eigenvalue weighted by molar-refractivity contribution is 5.94. The second kappa shape index (κ2) is 6.86. The standard InChI is InChI=1S/C18H17F2NO3/c1-2-21(18(22)14-9-12(19)7-8-15(14)20)10-13-11-23-16-5-3-4-6-17(16)24-13/h3-9,13H,2,10-11H2,1H3. The number of amides is 1. The summed E-state index contributed by atoms with van der Waals surface area (Å²) in [5.41, 5.74) is -0.283. The molecule has 1 amide bonds. The molecule has 6 heteroatoms. The molecule has 1 aliphatic heterocycles. The first kappa shape index (κ1) is 16.2. The molecule has 126 valence electrons. The number of carbonyl (C=O) groups excluding carboxylic acids is 1. The predicted molar refractivity (Wildman–Crippen MR) is 84.3 cm³/mol. The number of hydrogen-bond donors (Lipinski definition) is 0. The maximum Gasteiger partial charge on any atom is 0.257 e. The molecule has 0 bridgehead atoms. The van der Waals surface area contributed by atoms with Crippen LogP contribution in [-0.4, -0.2) is 36.6 Å². The average Bonchev–Trinajstić information content (AvgIpc) is 2.61. The number of nitrogens with zero attached hydrogens (tertiary/aromatic N) is 1. The molecule has 0 fully saturated rings. The van der Waals surface area contributed by atoms with Gasteiger partial charge >= 0.3 is 0 Å². The molecule has 2 aromatic rings. The Hall–Kier alpha value is -2.63. The van der Waals surface area contributed by atoms with Crippen molar-refractivity contribution in [3.05, 3.63) is 59.7 Å². The van der Waals surface area contributed by atoms with E-state index >= 15 is 0 Å². The number of fused-ring (bicyclic) bond motifs is 1. The molecular formula is C18H17F2NO3. The van der Waals surface area contributed by atoms with Crippen molar-refractivity contribution in [3.8, 4) is 11.5 Å². The van der Waals surface area contributed by atoms with E-state index in [0.717, 1.165) is 18.2 Å². The Balaban J connectivity index is 1.73. The summed E-state index contributed by atoms with van der Waals surface area (Å²) in [7, 11) is 0. The highest BCUT2D eigenvalue weighted by Gasteiger charge is 2.26. The van der Waals surface area contributed by atoms with Gasteiger partial charge in [0.05, 0.1) is 12.1 Å². The second-order valence-electron chi connectivity index (χ2n) is 5.47. The first-order valence-corrected chi connectivity index (χ1v) is 7.71. The number of benzene rings is 2. The fourth-order valence-electron chi connectivity index (χ4n) is 2.59. The lowest BCUT2D eigenvalue weighted by Gasteiger charge is -2.31. The van der Waals surface area contributed by atoms with Crippen LogP contribution >= 0.6 is 0 Å². The van der Waals surface area contributed by atoms with Gasteiger partial charge in [0.2, 0.25) is 0 Å². The van der Waals surface area contributed by atoms with Gasteiger partial charge in [0.15, 0.2) is 17.6 Å². The van der Waals surface area contributed by atoms with Gasteiger partial charge in [-0.2, -0.15) is 0 Å². The minimum Gasteiger partial charge on any atom is -0.486 e. The van der Waals surface area contributed by atoms with Gasteiger partial charge in [-0.3, -0.25) is 4.79 Å². The lowest BCUT2D eigenvalue weighted by atomic mass is 10.1. The van der Waals surface area contributed by atoms with Crippen LogP contribution in [0.5, 0.6) is 11.5 Å². The molecular weight excluding hydrogens is 316 g/mol. The molecule has 0 aromatic heterocycles. The average molecular weight is 333 g/mol. The summed E-state index contributed by atoms with van der Waals surface area (Å²) in [5, 5.41) is 0. The van der Waals surface area contributed by atoms with E-state index in [9.17, 15) is 13.6 Å². The van der Waals surface area contributed by atoms with E-state index < -0.39 is 17.5 Å². The zero-order valence-electron chi connectivity index (χ0n) is 13.2. The number of likely N-dealkylation sites (N-methyl/N-ethyl adjacent to an activating group) is 1. The molecule has 1 aliphatic rings. The van der Waals surface area contributed by atoms with Gasteiger partial charge < -0.3 is 14.4 Å². The molecule has 4 nitrogen and oxygen atoms in total. The predicted octanol–water partition coefficient (Wildman–Crippen LogP) is 3.27. The van der Waals surface area contributed by atoms with Crippen LogP contribution in [0.3, 0.4) is 0 Å². The second-order valence-corrected chi connectivity index (χ2v) is 5.47. The minimum absolute atomic E-state index is 0.222. The normalized spacial score (nSPS) is 15.9. The molecule has 1 unspecified atom stereocenters. The fourth-order valence-corrected chi connectivity index (χ4v) is 2.59. The van der Waals surface area contributed by atoms with Crippen LogP contribution in [0.4, 0.5) is 8.78 Å². The number of carbonyl (C=O) groups is 1. The molecule has 0 spiro atoms. The molecule has 0 aliphatic carbocycles. The van der Waals surface area contributed by atoms with Crippen molar-refractivity contribution in [2.24, 2.45) is 0 Å².